The summed E-state index contributed by atoms with van der Waals surface area (Å²) in [5, 5.41) is 2.75. The van der Waals surface area contributed by atoms with Crippen molar-refractivity contribution in [3.8, 4) is 11.5 Å². The molecule has 112 valence electrons. The Morgan fingerprint density at radius 2 is 2.10 bits per heavy atom. The number of oxazole rings is 1. The molecule has 1 aromatic carbocycles. The van der Waals surface area contributed by atoms with Gasteiger partial charge in [0.05, 0.1) is 11.3 Å². The number of amides is 2. The molecule has 0 atom stereocenters. The van der Waals surface area contributed by atoms with Gasteiger partial charge < -0.3 is 14.6 Å². The summed E-state index contributed by atoms with van der Waals surface area (Å²) < 4.78 is 19.2. The summed E-state index contributed by atoms with van der Waals surface area (Å²) >= 11 is 0. The normalized spacial score (nSPS) is 10.5. The van der Waals surface area contributed by atoms with E-state index >= 15 is 0 Å². The van der Waals surface area contributed by atoms with Gasteiger partial charge in [-0.25, -0.2) is 14.2 Å². The number of benzene rings is 1. The number of aryl methyl sites for hydroxylation is 1. The molecule has 21 heavy (non-hydrogen) atoms. The van der Waals surface area contributed by atoms with Gasteiger partial charge in [-0.1, -0.05) is 12.1 Å². The molecule has 0 radical (unpaired) electrons. The van der Waals surface area contributed by atoms with Crippen molar-refractivity contribution in [3.63, 3.8) is 0 Å². The average Bonchev–Trinajstić information content (AvgIpc) is 2.80. The van der Waals surface area contributed by atoms with Crippen LogP contribution in [0.1, 0.15) is 11.5 Å². The van der Waals surface area contributed by atoms with Gasteiger partial charge in [0.25, 0.3) is 0 Å². The molecule has 0 unspecified atom stereocenters. The molecule has 0 aliphatic heterocycles. The summed E-state index contributed by atoms with van der Waals surface area (Å²) in [6.45, 7) is 2.22. The highest BCUT2D eigenvalue weighted by Gasteiger charge is 2.14. The van der Waals surface area contributed by atoms with Crippen LogP contribution < -0.4 is 5.32 Å². The molecule has 1 N–H and O–H groups in total. The summed E-state index contributed by atoms with van der Waals surface area (Å²) in [4.78, 5) is 17.2. The minimum atomic E-state index is -0.369. The fourth-order valence-electron chi connectivity index (χ4n) is 1.86. The first-order valence-corrected chi connectivity index (χ1v) is 6.65. The Kier molecular flexibility index (Phi) is 4.57. The zero-order valence-electron chi connectivity index (χ0n) is 12.3. The summed E-state index contributed by atoms with van der Waals surface area (Å²) in [5.41, 5.74) is 1.05. The predicted octanol–water partition coefficient (Wildman–Crippen LogP) is 2.60. The number of nitrogens with one attached hydrogen (secondary N) is 1. The molecule has 6 heteroatoms. The van der Waals surface area contributed by atoms with E-state index in [9.17, 15) is 9.18 Å². The Labute approximate surface area is 122 Å². The fourth-order valence-corrected chi connectivity index (χ4v) is 1.86. The van der Waals surface area contributed by atoms with Crippen molar-refractivity contribution in [2.45, 2.75) is 13.3 Å². The van der Waals surface area contributed by atoms with E-state index < -0.39 is 0 Å². The van der Waals surface area contributed by atoms with E-state index in [0.29, 0.717) is 30.0 Å². The molecule has 0 saturated heterocycles. The van der Waals surface area contributed by atoms with E-state index in [4.69, 9.17) is 4.42 Å². The summed E-state index contributed by atoms with van der Waals surface area (Å²) in [6.07, 6.45) is 0.531. The van der Waals surface area contributed by atoms with Crippen LogP contribution in [0.3, 0.4) is 0 Å². The van der Waals surface area contributed by atoms with Gasteiger partial charge in [0.2, 0.25) is 5.89 Å². The van der Waals surface area contributed by atoms with Crippen molar-refractivity contribution in [1.82, 2.24) is 15.2 Å². The van der Waals surface area contributed by atoms with Crippen molar-refractivity contribution in [3.05, 3.63) is 41.5 Å². The molecule has 0 saturated carbocycles. The van der Waals surface area contributed by atoms with Crippen LogP contribution in [-0.4, -0.2) is 36.6 Å². The van der Waals surface area contributed by atoms with Crippen LogP contribution in [0.25, 0.3) is 11.5 Å². The van der Waals surface area contributed by atoms with Crippen LogP contribution in [0.4, 0.5) is 9.18 Å². The van der Waals surface area contributed by atoms with Crippen LogP contribution in [-0.2, 0) is 6.42 Å². The standard InChI is InChI=1S/C15H18FN3O2/c1-10-13(8-9-17-15(20)19(2)3)18-14(21-10)11-6-4-5-7-12(11)16/h4-7H,8-9H2,1-3H3,(H,17,20). The number of hydrogen-bond donors (Lipinski definition) is 1. The van der Waals surface area contributed by atoms with Crippen LogP contribution in [0.2, 0.25) is 0 Å². The van der Waals surface area contributed by atoms with Gasteiger partial charge in [0.1, 0.15) is 11.6 Å². The SMILES string of the molecule is Cc1oc(-c2ccccc2F)nc1CCNC(=O)N(C)C. The maximum atomic E-state index is 13.7. The second kappa shape index (κ2) is 6.39. The number of urea groups is 1. The van der Waals surface area contributed by atoms with Crippen LogP contribution >= 0.6 is 0 Å². The van der Waals surface area contributed by atoms with E-state index in [1.54, 1.807) is 39.2 Å². The monoisotopic (exact) mass is 291 g/mol. The highest BCUT2D eigenvalue weighted by molar-refractivity contribution is 5.73. The van der Waals surface area contributed by atoms with Gasteiger partial charge in [-0.05, 0) is 19.1 Å². The number of nitrogens with zero attached hydrogens (tertiary/aromatic N) is 2. The van der Waals surface area contributed by atoms with Gasteiger partial charge in [0, 0.05) is 27.1 Å². The Bertz CT molecular complexity index is 638. The Hall–Kier alpha value is -2.37. The zero-order chi connectivity index (χ0) is 15.4. The molecule has 5 nitrogen and oxygen atoms in total. The van der Waals surface area contributed by atoms with Crippen LogP contribution in [0, 0.1) is 12.7 Å². The molecule has 0 spiro atoms. The molecule has 0 bridgehead atoms. The maximum absolute atomic E-state index is 13.7. The predicted molar refractivity (Wildman–Crippen MR) is 77.4 cm³/mol. The number of rotatable bonds is 4. The maximum Gasteiger partial charge on any atom is 0.316 e. The molecule has 0 fully saturated rings. The zero-order valence-corrected chi connectivity index (χ0v) is 12.3. The number of carbonyl (C=O) groups excluding carboxylic acids is 1. The van der Waals surface area contributed by atoms with Crippen molar-refractivity contribution in [2.75, 3.05) is 20.6 Å². The highest BCUT2D eigenvalue weighted by Crippen LogP contribution is 2.24. The van der Waals surface area contributed by atoms with Gasteiger partial charge in [0.15, 0.2) is 0 Å². The second-order valence-corrected chi connectivity index (χ2v) is 4.88. The third kappa shape index (κ3) is 3.59. The van der Waals surface area contributed by atoms with Crippen molar-refractivity contribution >= 4 is 6.03 Å². The third-order valence-corrected chi connectivity index (χ3v) is 3.04. The second-order valence-electron chi connectivity index (χ2n) is 4.88. The minimum absolute atomic E-state index is 0.162. The number of hydrogen-bond acceptors (Lipinski definition) is 3. The summed E-state index contributed by atoms with van der Waals surface area (Å²) in [6, 6.07) is 6.18. The Morgan fingerprint density at radius 1 is 1.38 bits per heavy atom. The molecule has 2 aromatic rings. The first-order chi connectivity index (χ1) is 9.99. The lowest BCUT2D eigenvalue weighted by molar-refractivity contribution is 0.217. The van der Waals surface area contributed by atoms with Crippen molar-refractivity contribution in [2.24, 2.45) is 0 Å². The third-order valence-electron chi connectivity index (χ3n) is 3.04. The van der Waals surface area contributed by atoms with E-state index in [0.717, 1.165) is 0 Å². The van der Waals surface area contributed by atoms with Gasteiger partial charge in [-0.2, -0.15) is 0 Å². The number of aromatic nitrogens is 1. The first kappa shape index (κ1) is 15.0. The quantitative estimate of drug-likeness (QED) is 0.942. The molecular formula is C15H18FN3O2. The fraction of sp³-hybridized carbons (Fsp3) is 0.333. The molecular weight excluding hydrogens is 273 g/mol. The first-order valence-electron chi connectivity index (χ1n) is 6.65. The lowest BCUT2D eigenvalue weighted by Crippen LogP contribution is -2.35. The van der Waals surface area contributed by atoms with Crippen LogP contribution in [0.5, 0.6) is 0 Å². The lowest BCUT2D eigenvalue weighted by atomic mass is 10.2. The van der Waals surface area contributed by atoms with E-state index in [1.807, 2.05) is 0 Å². The molecule has 2 rings (SSSR count). The Morgan fingerprint density at radius 3 is 2.76 bits per heavy atom. The number of halogens is 1. The highest BCUT2D eigenvalue weighted by atomic mass is 19.1. The van der Waals surface area contributed by atoms with Gasteiger partial charge in [-0.3, -0.25) is 0 Å². The molecule has 0 aliphatic carbocycles. The summed E-state index contributed by atoms with van der Waals surface area (Å²) in [5.74, 6) is 0.526. The van der Waals surface area contributed by atoms with Crippen molar-refractivity contribution in [1.29, 1.82) is 0 Å². The van der Waals surface area contributed by atoms with Gasteiger partial charge >= 0.3 is 6.03 Å². The minimum Gasteiger partial charge on any atom is -0.441 e. The molecule has 1 aromatic heterocycles. The van der Waals surface area contributed by atoms with E-state index in [2.05, 4.69) is 10.3 Å². The largest absolute Gasteiger partial charge is 0.441 e. The number of carbonyl (C=O) groups is 1. The van der Waals surface area contributed by atoms with Gasteiger partial charge in [-0.15, -0.1) is 0 Å². The molecule has 1 heterocycles. The smallest absolute Gasteiger partial charge is 0.316 e. The summed E-state index contributed by atoms with van der Waals surface area (Å²) in [7, 11) is 3.35. The van der Waals surface area contributed by atoms with E-state index in [-0.39, 0.29) is 17.7 Å². The topological polar surface area (TPSA) is 58.4 Å². The van der Waals surface area contributed by atoms with E-state index in [1.165, 1.54) is 11.0 Å². The lowest BCUT2D eigenvalue weighted by Gasteiger charge is -2.11. The molecule has 0 aliphatic rings. The average molecular weight is 291 g/mol. The van der Waals surface area contributed by atoms with Crippen molar-refractivity contribution < 1.29 is 13.6 Å². The van der Waals surface area contributed by atoms with Crippen LogP contribution in [0.15, 0.2) is 28.7 Å². The molecule has 2 amide bonds. The Balaban J connectivity index is 2.06.